The molecule has 0 bridgehead atoms. The second-order valence-corrected chi connectivity index (χ2v) is 10.7. The van der Waals surface area contributed by atoms with Crippen LogP contribution in [-0.2, 0) is 22.4 Å². The summed E-state index contributed by atoms with van der Waals surface area (Å²) in [5.41, 5.74) is 1.71. The Kier molecular flexibility index (Phi) is 13.0. The van der Waals surface area contributed by atoms with E-state index in [2.05, 4.69) is 26.6 Å². The zero-order valence-electron chi connectivity index (χ0n) is 25.3. The van der Waals surface area contributed by atoms with Crippen LogP contribution < -0.4 is 21.3 Å². The number of nitrogens with zero attached hydrogens (tertiary/aromatic N) is 1. The first-order valence-corrected chi connectivity index (χ1v) is 14.7. The van der Waals surface area contributed by atoms with Crippen LogP contribution >= 0.6 is 0 Å². The van der Waals surface area contributed by atoms with Crippen molar-refractivity contribution in [3.8, 4) is 0 Å². The quantitative estimate of drug-likeness (QED) is 0.202. The Bertz CT molecular complexity index is 1330. The monoisotopic (exact) mass is 588 g/mol. The summed E-state index contributed by atoms with van der Waals surface area (Å²) in [5, 5.41) is 16.0. The Labute approximate surface area is 253 Å². The predicted molar refractivity (Wildman–Crippen MR) is 166 cm³/mol. The van der Waals surface area contributed by atoms with Gasteiger partial charge in [0.05, 0.1) is 6.26 Å². The zero-order valence-corrected chi connectivity index (χ0v) is 25.3. The number of hydrogen-bond acceptors (Lipinski definition) is 5. The van der Waals surface area contributed by atoms with Crippen molar-refractivity contribution in [3.05, 3.63) is 101 Å². The Morgan fingerprint density at radius 1 is 0.814 bits per heavy atom. The van der Waals surface area contributed by atoms with Crippen LogP contribution in [0, 0.1) is 5.92 Å². The number of furan rings is 1. The van der Waals surface area contributed by atoms with E-state index in [1.807, 2.05) is 57.2 Å². The normalized spacial score (nSPS) is 13.0. The molecule has 0 saturated heterocycles. The van der Waals surface area contributed by atoms with Crippen LogP contribution in [0.15, 0.2) is 77.4 Å². The number of hydrogen-bond donors (Lipinski definition) is 4. The minimum Gasteiger partial charge on any atom is -0.650 e. The standard InChI is InChI=1S/C33H42N5O5/c1-5-34-33(42)29(22(2)3)38-30(39)23(4)36-21-27(19-24-11-7-6-8-12-24)37-32(41)26-14-9-13-25(20-26)31(40)35-17-16-28-15-10-18-43-28/h6-15,18,20,22-23,27,29H,5,16-17,19,21H2,1-4H3,(H,34,42)(H,35,40)(H,37,41)(H,38,39)/q-1/t23-,27-,29-/m0/s1. The molecule has 0 saturated carbocycles. The third kappa shape index (κ3) is 10.7. The highest BCUT2D eigenvalue weighted by Gasteiger charge is 2.24. The second kappa shape index (κ2) is 16.9. The number of nitrogens with one attached hydrogen (secondary N) is 4. The molecule has 3 atom stereocenters. The molecule has 1 aromatic heterocycles. The lowest BCUT2D eigenvalue weighted by Gasteiger charge is -2.33. The van der Waals surface area contributed by atoms with E-state index in [1.165, 1.54) is 0 Å². The SMILES string of the molecule is CCNC(=O)[C@@H](NC(=O)[C@H](C)[N-]C[C@H](Cc1ccccc1)NC(=O)c1cccc(C(=O)NCCc2ccco2)c1)C(C)C. The molecule has 2 aromatic carbocycles. The lowest BCUT2D eigenvalue weighted by molar-refractivity contribution is -0.130. The van der Waals surface area contributed by atoms with Gasteiger partial charge in [-0.25, -0.2) is 0 Å². The van der Waals surface area contributed by atoms with Gasteiger partial charge in [0.2, 0.25) is 11.8 Å². The largest absolute Gasteiger partial charge is 0.650 e. The summed E-state index contributed by atoms with van der Waals surface area (Å²) < 4.78 is 5.29. The summed E-state index contributed by atoms with van der Waals surface area (Å²) in [4.78, 5) is 51.3. The molecule has 43 heavy (non-hydrogen) atoms. The maximum absolute atomic E-state index is 13.3. The summed E-state index contributed by atoms with van der Waals surface area (Å²) in [5.74, 6) is -0.557. The highest BCUT2D eigenvalue weighted by atomic mass is 16.3. The van der Waals surface area contributed by atoms with E-state index in [9.17, 15) is 19.2 Å². The number of rotatable bonds is 16. The van der Waals surface area contributed by atoms with Gasteiger partial charge in [-0.15, -0.1) is 6.54 Å². The number of carbonyl (C=O) groups excluding carboxylic acids is 4. The molecule has 4 amide bonds. The number of likely N-dealkylation sites (N-methyl/N-ethyl adjacent to an activating group) is 1. The maximum Gasteiger partial charge on any atom is 0.251 e. The van der Waals surface area contributed by atoms with Crippen LogP contribution in [0.1, 0.15) is 59.7 Å². The van der Waals surface area contributed by atoms with Gasteiger partial charge in [0, 0.05) is 36.7 Å². The average Bonchev–Trinajstić information content (AvgIpc) is 3.52. The molecule has 1 heterocycles. The van der Waals surface area contributed by atoms with Crippen LogP contribution in [0.25, 0.3) is 5.32 Å². The van der Waals surface area contributed by atoms with E-state index in [4.69, 9.17) is 4.42 Å². The number of carbonyl (C=O) groups is 4. The van der Waals surface area contributed by atoms with Crippen LogP contribution in [0.2, 0.25) is 0 Å². The summed E-state index contributed by atoms with van der Waals surface area (Å²) >= 11 is 0. The molecule has 3 rings (SSSR count). The van der Waals surface area contributed by atoms with Crippen LogP contribution in [0.4, 0.5) is 0 Å². The Balaban J connectivity index is 1.63. The topological polar surface area (TPSA) is 144 Å². The fourth-order valence-corrected chi connectivity index (χ4v) is 4.45. The molecule has 10 nitrogen and oxygen atoms in total. The van der Waals surface area contributed by atoms with Crippen LogP contribution in [-0.4, -0.2) is 61.4 Å². The average molecular weight is 589 g/mol. The number of amides is 4. The van der Waals surface area contributed by atoms with Crippen molar-refractivity contribution >= 4 is 23.6 Å². The molecule has 0 aliphatic carbocycles. The molecular weight excluding hydrogens is 546 g/mol. The van der Waals surface area contributed by atoms with E-state index in [0.29, 0.717) is 37.1 Å². The molecule has 4 N–H and O–H groups in total. The Morgan fingerprint density at radius 3 is 2.19 bits per heavy atom. The molecule has 0 unspecified atom stereocenters. The Morgan fingerprint density at radius 2 is 1.53 bits per heavy atom. The second-order valence-electron chi connectivity index (χ2n) is 10.7. The van der Waals surface area contributed by atoms with E-state index >= 15 is 0 Å². The maximum atomic E-state index is 13.3. The van der Waals surface area contributed by atoms with E-state index in [1.54, 1.807) is 43.5 Å². The molecule has 3 aromatic rings. The smallest absolute Gasteiger partial charge is 0.251 e. The van der Waals surface area contributed by atoms with Gasteiger partial charge >= 0.3 is 0 Å². The minimum atomic E-state index is -0.737. The van der Waals surface area contributed by atoms with Crippen molar-refractivity contribution in [2.75, 3.05) is 19.6 Å². The van der Waals surface area contributed by atoms with Gasteiger partial charge in [-0.05, 0) is 55.2 Å². The number of benzene rings is 2. The van der Waals surface area contributed by atoms with Gasteiger partial charge in [-0.1, -0.05) is 63.2 Å². The highest BCUT2D eigenvalue weighted by Crippen LogP contribution is 2.12. The van der Waals surface area contributed by atoms with Gasteiger partial charge < -0.3 is 31.0 Å². The van der Waals surface area contributed by atoms with E-state index < -0.39 is 18.1 Å². The van der Waals surface area contributed by atoms with Gasteiger partial charge in [0.15, 0.2) is 0 Å². The van der Waals surface area contributed by atoms with E-state index in [0.717, 1.165) is 11.3 Å². The van der Waals surface area contributed by atoms with Crippen molar-refractivity contribution < 1.29 is 23.6 Å². The van der Waals surface area contributed by atoms with Crippen molar-refractivity contribution in [3.63, 3.8) is 0 Å². The summed E-state index contributed by atoms with van der Waals surface area (Å²) in [6, 6.07) is 18.0. The van der Waals surface area contributed by atoms with Crippen molar-refractivity contribution in [2.24, 2.45) is 5.92 Å². The van der Waals surface area contributed by atoms with Gasteiger partial charge in [-0.2, -0.15) is 0 Å². The molecule has 230 valence electrons. The van der Waals surface area contributed by atoms with Gasteiger partial charge in [-0.3, -0.25) is 19.2 Å². The fourth-order valence-electron chi connectivity index (χ4n) is 4.45. The zero-order chi connectivity index (χ0) is 31.2. The predicted octanol–water partition coefficient (Wildman–Crippen LogP) is 3.63. The molecule has 0 aliphatic heterocycles. The van der Waals surface area contributed by atoms with Crippen molar-refractivity contribution in [2.45, 2.75) is 58.7 Å². The van der Waals surface area contributed by atoms with Crippen LogP contribution in [0.5, 0.6) is 0 Å². The fraction of sp³-hybridized carbons (Fsp3) is 0.394. The first-order chi connectivity index (χ1) is 20.7. The third-order valence-corrected chi connectivity index (χ3v) is 6.86. The molecule has 0 fully saturated rings. The third-order valence-electron chi connectivity index (χ3n) is 6.86. The first-order valence-electron chi connectivity index (χ1n) is 14.7. The lowest BCUT2D eigenvalue weighted by Crippen LogP contribution is -2.52. The highest BCUT2D eigenvalue weighted by molar-refractivity contribution is 5.99. The molecule has 10 heteroatoms. The van der Waals surface area contributed by atoms with Crippen molar-refractivity contribution in [1.82, 2.24) is 21.3 Å². The van der Waals surface area contributed by atoms with Crippen molar-refractivity contribution in [1.29, 1.82) is 0 Å². The Hall–Kier alpha value is -4.44. The van der Waals surface area contributed by atoms with Gasteiger partial charge in [0.1, 0.15) is 11.8 Å². The molecular formula is C33H42N5O5-. The molecule has 0 aliphatic rings. The van der Waals surface area contributed by atoms with Crippen LogP contribution in [0.3, 0.4) is 0 Å². The minimum absolute atomic E-state index is 0.0957. The summed E-state index contributed by atoms with van der Waals surface area (Å²) in [6.45, 7) is 8.27. The van der Waals surface area contributed by atoms with E-state index in [-0.39, 0.29) is 36.1 Å². The van der Waals surface area contributed by atoms with Gasteiger partial charge in [0.25, 0.3) is 11.8 Å². The first kappa shape index (κ1) is 33.1. The summed E-state index contributed by atoms with van der Waals surface area (Å²) in [7, 11) is 0. The lowest BCUT2D eigenvalue weighted by atomic mass is 10.0. The summed E-state index contributed by atoms with van der Waals surface area (Å²) in [6.07, 6.45) is 2.64. The molecule has 0 spiro atoms. The molecule has 0 radical (unpaired) electrons.